The van der Waals surface area contributed by atoms with Crippen molar-refractivity contribution in [3.63, 3.8) is 0 Å². The minimum atomic E-state index is -3.82. The summed E-state index contributed by atoms with van der Waals surface area (Å²) in [6.07, 6.45) is 0. The first-order valence-electron chi connectivity index (χ1n) is 9.74. The fourth-order valence-electron chi connectivity index (χ4n) is 3.47. The number of hydrogen-bond donors (Lipinski definition) is 3. The molecule has 9 heteroatoms. The van der Waals surface area contributed by atoms with Crippen LogP contribution in [0.2, 0.25) is 4.34 Å². The van der Waals surface area contributed by atoms with Crippen molar-refractivity contribution in [3.8, 4) is 10.4 Å². The summed E-state index contributed by atoms with van der Waals surface area (Å²) >= 11 is 7.31. The van der Waals surface area contributed by atoms with Crippen LogP contribution >= 0.6 is 22.9 Å². The van der Waals surface area contributed by atoms with Gasteiger partial charge < -0.3 is 10.1 Å². The number of benzene rings is 2. The van der Waals surface area contributed by atoms with E-state index in [1.807, 2.05) is 12.1 Å². The summed E-state index contributed by atoms with van der Waals surface area (Å²) < 4.78 is 29.0. The van der Waals surface area contributed by atoms with Crippen molar-refractivity contribution in [2.75, 3.05) is 4.72 Å². The van der Waals surface area contributed by atoms with Gasteiger partial charge in [-0.2, -0.15) is 0 Å². The maximum absolute atomic E-state index is 12.9. The normalized spacial score (nSPS) is 12.2. The lowest BCUT2D eigenvalue weighted by atomic mass is 9.87. The van der Waals surface area contributed by atoms with Crippen LogP contribution in [-0.4, -0.2) is 24.5 Å². The summed E-state index contributed by atoms with van der Waals surface area (Å²) in [5.74, 6) is -1.11. The number of halogens is 1. The third-order valence-corrected chi connectivity index (χ3v) is 7.76. The second kappa shape index (κ2) is 7.95. The Balaban J connectivity index is 1.75. The van der Waals surface area contributed by atoms with Gasteiger partial charge >= 0.3 is 5.97 Å². The molecule has 0 aliphatic heterocycles. The van der Waals surface area contributed by atoms with Crippen molar-refractivity contribution in [1.29, 1.82) is 0 Å². The van der Waals surface area contributed by atoms with Gasteiger partial charge in [0.1, 0.15) is 5.69 Å². The Kier molecular flexibility index (Phi) is 5.56. The molecule has 0 unspecified atom stereocenters. The number of aromatic amines is 1. The summed E-state index contributed by atoms with van der Waals surface area (Å²) in [7, 11) is -3.82. The Morgan fingerprint density at radius 1 is 1.06 bits per heavy atom. The molecule has 0 saturated heterocycles. The number of nitrogens with one attached hydrogen (secondary N) is 2. The fourth-order valence-corrected chi connectivity index (χ4v) is 5.63. The van der Waals surface area contributed by atoms with E-state index >= 15 is 0 Å². The van der Waals surface area contributed by atoms with E-state index in [0.29, 0.717) is 31.4 Å². The van der Waals surface area contributed by atoms with E-state index in [4.69, 9.17) is 11.6 Å². The molecule has 166 valence electrons. The number of thiophene rings is 1. The number of H-pyrrole nitrogens is 1. The molecule has 0 saturated carbocycles. The standard InChI is InChI=1S/C23H21ClN2O4S2/c1-23(2,3)13-4-7-15(8-5-13)32(29,30)26-14-6-9-17-16(12-14)20(21(25-17)22(27)28)18-10-11-19(24)31-18/h4-12,25-26H,1-3H3,(H,27,28). The van der Waals surface area contributed by atoms with Crippen LogP contribution in [0.25, 0.3) is 21.3 Å². The number of anilines is 1. The summed E-state index contributed by atoms with van der Waals surface area (Å²) in [5, 5.41) is 10.2. The Hall–Kier alpha value is -2.81. The maximum atomic E-state index is 12.9. The van der Waals surface area contributed by atoms with Crippen LogP contribution in [-0.2, 0) is 15.4 Å². The molecule has 0 aliphatic carbocycles. The molecular weight excluding hydrogens is 468 g/mol. The molecule has 32 heavy (non-hydrogen) atoms. The molecule has 2 heterocycles. The summed E-state index contributed by atoms with van der Waals surface area (Å²) in [6.45, 7) is 6.18. The zero-order valence-corrected chi connectivity index (χ0v) is 20.0. The van der Waals surface area contributed by atoms with Gasteiger partial charge in [0, 0.05) is 27.0 Å². The van der Waals surface area contributed by atoms with Gasteiger partial charge in [-0.3, -0.25) is 4.72 Å². The Labute approximate surface area is 194 Å². The molecule has 0 radical (unpaired) electrons. The van der Waals surface area contributed by atoms with Crippen LogP contribution in [0.4, 0.5) is 5.69 Å². The van der Waals surface area contributed by atoms with Crippen LogP contribution in [0.1, 0.15) is 36.8 Å². The van der Waals surface area contributed by atoms with Crippen LogP contribution in [0, 0.1) is 0 Å². The van der Waals surface area contributed by atoms with E-state index < -0.39 is 16.0 Å². The number of carboxylic acid groups (broad SMARTS) is 1. The van der Waals surface area contributed by atoms with Gasteiger partial charge in [-0.15, -0.1) is 11.3 Å². The third kappa shape index (κ3) is 4.26. The van der Waals surface area contributed by atoms with E-state index in [1.54, 1.807) is 42.5 Å². The van der Waals surface area contributed by atoms with Gasteiger partial charge in [0.05, 0.1) is 9.23 Å². The Morgan fingerprint density at radius 3 is 2.31 bits per heavy atom. The maximum Gasteiger partial charge on any atom is 0.353 e. The molecule has 2 aromatic carbocycles. The van der Waals surface area contributed by atoms with Crippen molar-refractivity contribution >= 4 is 55.5 Å². The number of aromatic nitrogens is 1. The SMILES string of the molecule is CC(C)(C)c1ccc(S(=O)(=O)Nc2ccc3[nH]c(C(=O)O)c(-c4ccc(Cl)s4)c3c2)cc1. The first kappa shape index (κ1) is 22.4. The van der Waals surface area contributed by atoms with Gasteiger partial charge in [-0.05, 0) is 53.4 Å². The lowest BCUT2D eigenvalue weighted by molar-refractivity contribution is 0.0692. The molecule has 0 fully saturated rings. The van der Waals surface area contributed by atoms with E-state index in [0.717, 1.165) is 5.56 Å². The van der Waals surface area contributed by atoms with Gasteiger partial charge in [-0.25, -0.2) is 13.2 Å². The number of sulfonamides is 1. The lowest BCUT2D eigenvalue weighted by Gasteiger charge is -2.19. The van der Waals surface area contributed by atoms with Gasteiger partial charge in [0.25, 0.3) is 10.0 Å². The van der Waals surface area contributed by atoms with Crippen LogP contribution in [0.15, 0.2) is 59.5 Å². The zero-order chi connectivity index (χ0) is 23.3. The van der Waals surface area contributed by atoms with Gasteiger partial charge in [0.15, 0.2) is 0 Å². The minimum Gasteiger partial charge on any atom is -0.477 e. The highest BCUT2D eigenvalue weighted by atomic mass is 35.5. The highest BCUT2D eigenvalue weighted by Gasteiger charge is 2.22. The lowest BCUT2D eigenvalue weighted by Crippen LogP contribution is -2.14. The molecule has 4 aromatic rings. The summed E-state index contributed by atoms with van der Waals surface area (Å²) in [6, 6.07) is 15.1. The number of hydrogen-bond acceptors (Lipinski definition) is 4. The van der Waals surface area contributed by atoms with E-state index in [9.17, 15) is 18.3 Å². The van der Waals surface area contributed by atoms with E-state index in [1.165, 1.54) is 11.3 Å². The van der Waals surface area contributed by atoms with Gasteiger partial charge in [0.2, 0.25) is 0 Å². The highest BCUT2D eigenvalue weighted by molar-refractivity contribution is 7.92. The van der Waals surface area contributed by atoms with Crippen molar-refractivity contribution in [2.45, 2.75) is 31.1 Å². The van der Waals surface area contributed by atoms with Crippen molar-refractivity contribution in [3.05, 3.63) is 70.2 Å². The monoisotopic (exact) mass is 488 g/mol. The topological polar surface area (TPSA) is 99.3 Å². The van der Waals surface area contributed by atoms with Crippen LogP contribution < -0.4 is 4.72 Å². The number of rotatable bonds is 5. The number of carbonyl (C=O) groups is 1. The zero-order valence-electron chi connectivity index (χ0n) is 17.6. The molecule has 4 rings (SSSR count). The first-order chi connectivity index (χ1) is 15.0. The highest BCUT2D eigenvalue weighted by Crippen LogP contribution is 2.39. The second-order valence-electron chi connectivity index (χ2n) is 8.42. The Bertz CT molecular complexity index is 1430. The Morgan fingerprint density at radius 2 is 1.75 bits per heavy atom. The minimum absolute atomic E-state index is 0.0243. The van der Waals surface area contributed by atoms with E-state index in [2.05, 4.69) is 30.5 Å². The molecule has 0 amide bonds. The van der Waals surface area contributed by atoms with Crippen molar-refractivity contribution in [1.82, 2.24) is 4.98 Å². The van der Waals surface area contributed by atoms with E-state index in [-0.39, 0.29) is 16.0 Å². The molecular formula is C23H21ClN2O4S2. The molecule has 0 spiro atoms. The number of carboxylic acids is 1. The summed E-state index contributed by atoms with van der Waals surface area (Å²) in [4.78, 5) is 15.5. The largest absolute Gasteiger partial charge is 0.477 e. The third-order valence-electron chi connectivity index (χ3n) is 5.11. The van der Waals surface area contributed by atoms with Crippen LogP contribution in [0.3, 0.4) is 0 Å². The fraction of sp³-hybridized carbons (Fsp3) is 0.174. The molecule has 0 aliphatic rings. The van der Waals surface area contributed by atoms with Crippen molar-refractivity contribution < 1.29 is 18.3 Å². The molecule has 3 N–H and O–H groups in total. The quantitative estimate of drug-likeness (QED) is 0.305. The molecule has 2 aromatic heterocycles. The van der Waals surface area contributed by atoms with Crippen LogP contribution in [0.5, 0.6) is 0 Å². The number of fused-ring (bicyclic) bond motifs is 1. The predicted molar refractivity (Wildman–Crippen MR) is 130 cm³/mol. The molecule has 0 bridgehead atoms. The predicted octanol–water partition coefficient (Wildman–Crippen LogP) is 6.35. The van der Waals surface area contributed by atoms with Crippen molar-refractivity contribution in [2.24, 2.45) is 0 Å². The smallest absolute Gasteiger partial charge is 0.353 e. The number of aromatic carboxylic acids is 1. The average molecular weight is 489 g/mol. The van der Waals surface area contributed by atoms with Gasteiger partial charge in [-0.1, -0.05) is 44.5 Å². The average Bonchev–Trinajstić information content (AvgIpc) is 3.30. The molecule has 0 atom stereocenters. The second-order valence-corrected chi connectivity index (χ2v) is 11.8. The first-order valence-corrected chi connectivity index (χ1v) is 12.4. The molecule has 6 nitrogen and oxygen atoms in total. The summed E-state index contributed by atoms with van der Waals surface area (Å²) in [5.41, 5.74) is 2.36.